The molecule has 28 heavy (non-hydrogen) atoms. The van der Waals surface area contributed by atoms with Crippen molar-refractivity contribution in [3.8, 4) is 5.75 Å². The first-order valence-electron chi connectivity index (χ1n) is 9.28. The molecule has 0 N–H and O–H groups in total. The summed E-state index contributed by atoms with van der Waals surface area (Å²) in [6.45, 7) is 4.71. The second-order valence-electron chi connectivity index (χ2n) is 6.97. The average molecular weight is 381 g/mol. The molecule has 0 fully saturated rings. The van der Waals surface area contributed by atoms with E-state index in [1.54, 1.807) is 35.4 Å². The summed E-state index contributed by atoms with van der Waals surface area (Å²) in [5.41, 5.74) is 1.92. The van der Waals surface area contributed by atoms with Crippen LogP contribution in [0.3, 0.4) is 0 Å². The van der Waals surface area contributed by atoms with Crippen LogP contribution in [0, 0.1) is 5.82 Å². The number of hydrogen-bond donors (Lipinski definition) is 0. The van der Waals surface area contributed by atoms with Gasteiger partial charge in [-0.05, 0) is 53.4 Å². The molecule has 1 heterocycles. The molecule has 0 aliphatic rings. The minimum absolute atomic E-state index is 0.100. The predicted octanol–water partition coefficient (Wildman–Crippen LogP) is 5.15. The standard InChI is InChI=1S/C23H24FNO3/c1-17(2)19-8-10-21(11-9-19)28-16-23(26)25(15-22-7-4-12-27-22)14-18-5-3-6-20(24)13-18/h3-13,17H,14-16H2,1-2H3. The minimum atomic E-state index is -0.329. The number of halogens is 1. The van der Waals surface area contributed by atoms with E-state index in [4.69, 9.17) is 9.15 Å². The number of benzene rings is 2. The third-order valence-electron chi connectivity index (χ3n) is 4.45. The van der Waals surface area contributed by atoms with Crippen molar-refractivity contribution in [1.82, 2.24) is 4.90 Å². The molecular weight excluding hydrogens is 357 g/mol. The fraction of sp³-hybridized carbons (Fsp3) is 0.261. The van der Waals surface area contributed by atoms with Gasteiger partial charge in [-0.15, -0.1) is 0 Å². The minimum Gasteiger partial charge on any atom is -0.484 e. The van der Waals surface area contributed by atoms with Crippen LogP contribution >= 0.6 is 0 Å². The van der Waals surface area contributed by atoms with Gasteiger partial charge in [0.2, 0.25) is 0 Å². The monoisotopic (exact) mass is 381 g/mol. The van der Waals surface area contributed by atoms with Crippen molar-refractivity contribution in [3.05, 3.63) is 89.6 Å². The smallest absolute Gasteiger partial charge is 0.261 e. The quantitative estimate of drug-likeness (QED) is 0.542. The molecule has 0 aliphatic heterocycles. The lowest BCUT2D eigenvalue weighted by atomic mass is 10.0. The zero-order valence-electron chi connectivity index (χ0n) is 16.1. The Morgan fingerprint density at radius 3 is 2.50 bits per heavy atom. The number of carbonyl (C=O) groups is 1. The van der Waals surface area contributed by atoms with Crippen molar-refractivity contribution >= 4 is 5.91 Å². The molecule has 0 aliphatic carbocycles. The van der Waals surface area contributed by atoms with Crippen molar-refractivity contribution in [2.45, 2.75) is 32.9 Å². The maximum Gasteiger partial charge on any atom is 0.261 e. The maximum atomic E-state index is 13.5. The zero-order chi connectivity index (χ0) is 19.9. The molecule has 0 spiro atoms. The largest absolute Gasteiger partial charge is 0.484 e. The number of ether oxygens (including phenoxy) is 1. The summed E-state index contributed by atoms with van der Waals surface area (Å²) in [5, 5.41) is 0. The van der Waals surface area contributed by atoms with Gasteiger partial charge < -0.3 is 14.1 Å². The van der Waals surface area contributed by atoms with Gasteiger partial charge in [0.1, 0.15) is 17.3 Å². The lowest BCUT2D eigenvalue weighted by molar-refractivity contribution is -0.134. The molecule has 1 amide bonds. The van der Waals surface area contributed by atoms with E-state index in [0.29, 0.717) is 23.0 Å². The van der Waals surface area contributed by atoms with E-state index < -0.39 is 0 Å². The molecule has 5 heteroatoms. The Labute approximate surface area is 164 Å². The molecule has 0 unspecified atom stereocenters. The summed E-state index contributed by atoms with van der Waals surface area (Å²) >= 11 is 0. The molecule has 0 bridgehead atoms. The number of rotatable bonds is 8. The van der Waals surface area contributed by atoms with Crippen molar-refractivity contribution in [3.63, 3.8) is 0 Å². The van der Waals surface area contributed by atoms with E-state index >= 15 is 0 Å². The molecule has 146 valence electrons. The highest BCUT2D eigenvalue weighted by Crippen LogP contribution is 2.19. The van der Waals surface area contributed by atoms with Crippen molar-refractivity contribution in [2.75, 3.05) is 6.61 Å². The number of hydrogen-bond acceptors (Lipinski definition) is 3. The van der Waals surface area contributed by atoms with Gasteiger partial charge in [0.25, 0.3) is 5.91 Å². The molecule has 3 aromatic rings. The van der Waals surface area contributed by atoms with Crippen molar-refractivity contribution in [2.24, 2.45) is 0 Å². The fourth-order valence-corrected chi connectivity index (χ4v) is 2.86. The highest BCUT2D eigenvalue weighted by Gasteiger charge is 2.17. The summed E-state index contributed by atoms with van der Waals surface area (Å²) in [7, 11) is 0. The summed E-state index contributed by atoms with van der Waals surface area (Å²) in [6.07, 6.45) is 1.56. The van der Waals surface area contributed by atoms with Gasteiger partial charge in [-0.2, -0.15) is 0 Å². The topological polar surface area (TPSA) is 42.7 Å². The van der Waals surface area contributed by atoms with E-state index in [2.05, 4.69) is 13.8 Å². The molecule has 0 radical (unpaired) electrons. The van der Waals surface area contributed by atoms with E-state index in [1.807, 2.05) is 24.3 Å². The van der Waals surface area contributed by atoms with Crippen LogP contribution in [0.5, 0.6) is 5.75 Å². The normalized spacial score (nSPS) is 10.9. The molecule has 2 aromatic carbocycles. The van der Waals surface area contributed by atoms with Crippen LogP contribution in [0.1, 0.15) is 36.7 Å². The lowest BCUT2D eigenvalue weighted by Crippen LogP contribution is -2.34. The summed E-state index contributed by atoms with van der Waals surface area (Å²) in [5.74, 6) is 1.20. The third kappa shape index (κ3) is 5.46. The Hall–Kier alpha value is -3.08. The van der Waals surface area contributed by atoms with Crippen LogP contribution in [0.15, 0.2) is 71.3 Å². The Morgan fingerprint density at radius 1 is 1.07 bits per heavy atom. The molecule has 4 nitrogen and oxygen atoms in total. The Balaban J connectivity index is 1.66. The van der Waals surface area contributed by atoms with Crippen molar-refractivity contribution < 1.29 is 18.3 Å². The van der Waals surface area contributed by atoms with Crippen LogP contribution in [0.4, 0.5) is 4.39 Å². The average Bonchev–Trinajstić information content (AvgIpc) is 3.19. The SMILES string of the molecule is CC(C)c1ccc(OCC(=O)N(Cc2cccc(F)c2)Cc2ccco2)cc1. The highest BCUT2D eigenvalue weighted by molar-refractivity contribution is 5.77. The second kappa shape index (κ2) is 9.22. The number of amides is 1. The molecular formula is C23H24FNO3. The van der Waals surface area contributed by atoms with Gasteiger partial charge in [-0.25, -0.2) is 4.39 Å². The highest BCUT2D eigenvalue weighted by atomic mass is 19.1. The molecule has 0 atom stereocenters. The van der Waals surface area contributed by atoms with Gasteiger partial charge in [0, 0.05) is 6.54 Å². The maximum absolute atomic E-state index is 13.5. The first-order valence-corrected chi connectivity index (χ1v) is 9.28. The number of carbonyl (C=O) groups excluding carboxylic acids is 1. The van der Waals surface area contributed by atoms with E-state index in [9.17, 15) is 9.18 Å². The molecule has 0 saturated carbocycles. The van der Waals surface area contributed by atoms with Crippen LogP contribution in [-0.2, 0) is 17.9 Å². The van der Waals surface area contributed by atoms with Crippen LogP contribution in [0.2, 0.25) is 0 Å². The van der Waals surface area contributed by atoms with Crippen LogP contribution < -0.4 is 4.74 Å². The molecule has 3 rings (SSSR count). The van der Waals surface area contributed by atoms with E-state index in [0.717, 1.165) is 0 Å². The zero-order valence-corrected chi connectivity index (χ0v) is 16.1. The summed E-state index contributed by atoms with van der Waals surface area (Å²) in [4.78, 5) is 14.4. The number of nitrogens with zero attached hydrogens (tertiary/aromatic N) is 1. The predicted molar refractivity (Wildman–Crippen MR) is 105 cm³/mol. The van der Waals surface area contributed by atoms with Crippen LogP contribution in [0.25, 0.3) is 0 Å². The fourth-order valence-electron chi connectivity index (χ4n) is 2.86. The third-order valence-corrected chi connectivity index (χ3v) is 4.45. The molecule has 0 saturated heterocycles. The second-order valence-corrected chi connectivity index (χ2v) is 6.97. The first-order chi connectivity index (χ1) is 13.5. The first kappa shape index (κ1) is 19.7. The Bertz CT molecular complexity index is 888. The summed E-state index contributed by atoms with van der Waals surface area (Å²) in [6, 6.07) is 17.5. The van der Waals surface area contributed by atoms with Gasteiger partial charge in [-0.3, -0.25) is 4.79 Å². The Kier molecular flexibility index (Phi) is 6.48. The van der Waals surface area contributed by atoms with Crippen molar-refractivity contribution in [1.29, 1.82) is 0 Å². The van der Waals surface area contributed by atoms with Gasteiger partial charge in [0.15, 0.2) is 6.61 Å². The Morgan fingerprint density at radius 2 is 1.86 bits per heavy atom. The van der Waals surface area contributed by atoms with Gasteiger partial charge in [0.05, 0.1) is 12.8 Å². The van der Waals surface area contributed by atoms with E-state index in [1.165, 1.54) is 17.7 Å². The summed E-state index contributed by atoms with van der Waals surface area (Å²) < 4.78 is 24.5. The van der Waals surface area contributed by atoms with E-state index in [-0.39, 0.29) is 31.4 Å². The van der Waals surface area contributed by atoms with Gasteiger partial charge in [-0.1, -0.05) is 38.1 Å². The lowest BCUT2D eigenvalue weighted by Gasteiger charge is -2.22. The number of furan rings is 1. The van der Waals surface area contributed by atoms with Gasteiger partial charge >= 0.3 is 0 Å². The van der Waals surface area contributed by atoms with Crippen LogP contribution in [-0.4, -0.2) is 17.4 Å². The molecule has 1 aromatic heterocycles.